The van der Waals surface area contributed by atoms with Crippen molar-refractivity contribution in [3.63, 3.8) is 0 Å². The molecular formula is C17H15N3. The molecule has 0 saturated carbocycles. The Morgan fingerprint density at radius 2 is 2.05 bits per heavy atom. The topological polar surface area (TPSA) is 41.6 Å². The Morgan fingerprint density at radius 1 is 1.20 bits per heavy atom. The molecule has 0 fully saturated rings. The van der Waals surface area contributed by atoms with Crippen LogP contribution in [0.15, 0.2) is 42.5 Å². The first kappa shape index (κ1) is 12.4. The van der Waals surface area contributed by atoms with Gasteiger partial charge in [-0.15, -0.1) is 0 Å². The summed E-state index contributed by atoms with van der Waals surface area (Å²) in [4.78, 5) is 4.72. The normalized spacial score (nSPS) is 10.7. The fourth-order valence-electron chi connectivity index (χ4n) is 2.49. The van der Waals surface area contributed by atoms with Crippen molar-refractivity contribution in [1.82, 2.24) is 9.55 Å². The molecule has 1 aromatic heterocycles. The fraction of sp³-hybridized carbons (Fsp3) is 0.176. The third-order valence-corrected chi connectivity index (χ3v) is 3.50. The second kappa shape index (κ2) is 4.82. The van der Waals surface area contributed by atoms with Gasteiger partial charge in [-0.3, -0.25) is 0 Å². The zero-order chi connectivity index (χ0) is 14.1. The minimum absolute atomic E-state index is 0.423. The Labute approximate surface area is 118 Å². The first-order chi connectivity index (χ1) is 9.69. The van der Waals surface area contributed by atoms with Gasteiger partial charge in [0.15, 0.2) is 0 Å². The van der Waals surface area contributed by atoms with Gasteiger partial charge in [-0.1, -0.05) is 29.8 Å². The summed E-state index contributed by atoms with van der Waals surface area (Å²) in [6.07, 6.45) is 0.423. The van der Waals surface area contributed by atoms with E-state index in [0.29, 0.717) is 6.42 Å². The van der Waals surface area contributed by atoms with E-state index in [-0.39, 0.29) is 0 Å². The quantitative estimate of drug-likeness (QED) is 0.707. The van der Waals surface area contributed by atoms with Gasteiger partial charge in [0.25, 0.3) is 0 Å². The fourth-order valence-corrected chi connectivity index (χ4v) is 2.49. The molecule has 3 aromatic rings. The molecule has 3 rings (SSSR count). The summed E-state index contributed by atoms with van der Waals surface area (Å²) in [5.74, 6) is 0.956. The van der Waals surface area contributed by atoms with Gasteiger partial charge in [-0.2, -0.15) is 5.26 Å². The van der Waals surface area contributed by atoms with E-state index in [0.717, 1.165) is 28.0 Å². The van der Waals surface area contributed by atoms with E-state index in [1.165, 1.54) is 5.56 Å². The zero-order valence-corrected chi connectivity index (χ0v) is 11.6. The largest absolute Gasteiger partial charge is 0.327 e. The number of aromatic nitrogens is 2. The Kier molecular flexibility index (Phi) is 3.00. The molecule has 0 aliphatic rings. The average molecular weight is 261 g/mol. The Balaban J connectivity index is 2.18. The van der Waals surface area contributed by atoms with E-state index in [1.54, 1.807) is 0 Å². The molecule has 2 aromatic carbocycles. The van der Waals surface area contributed by atoms with Crippen molar-refractivity contribution in [2.75, 3.05) is 0 Å². The molecular weight excluding hydrogens is 246 g/mol. The summed E-state index contributed by atoms with van der Waals surface area (Å²) in [5, 5.41) is 8.78. The molecule has 0 aliphatic carbocycles. The van der Waals surface area contributed by atoms with Crippen LogP contribution < -0.4 is 0 Å². The van der Waals surface area contributed by atoms with Gasteiger partial charge in [-0.05, 0) is 30.7 Å². The van der Waals surface area contributed by atoms with E-state index >= 15 is 0 Å². The Bertz CT molecular complexity index is 822. The number of aryl methyl sites for hydroxylation is 2. The maximum atomic E-state index is 8.78. The molecule has 1 heterocycles. The van der Waals surface area contributed by atoms with E-state index < -0.39 is 0 Å². The molecule has 0 radical (unpaired) electrons. The number of nitriles is 1. The molecule has 0 amide bonds. The summed E-state index contributed by atoms with van der Waals surface area (Å²) in [6, 6.07) is 16.5. The van der Waals surface area contributed by atoms with Crippen molar-refractivity contribution in [2.24, 2.45) is 7.05 Å². The van der Waals surface area contributed by atoms with Crippen LogP contribution in [0.2, 0.25) is 0 Å². The van der Waals surface area contributed by atoms with E-state index in [9.17, 15) is 0 Å². The van der Waals surface area contributed by atoms with Crippen molar-refractivity contribution in [2.45, 2.75) is 13.3 Å². The van der Waals surface area contributed by atoms with Crippen molar-refractivity contribution in [3.05, 3.63) is 53.6 Å². The third-order valence-electron chi connectivity index (χ3n) is 3.50. The summed E-state index contributed by atoms with van der Waals surface area (Å²) in [5.41, 5.74) is 5.37. The van der Waals surface area contributed by atoms with Crippen LogP contribution in [-0.2, 0) is 13.5 Å². The predicted molar refractivity (Wildman–Crippen MR) is 80.2 cm³/mol. The lowest BCUT2D eigenvalue weighted by molar-refractivity contribution is 0.959. The van der Waals surface area contributed by atoms with Crippen molar-refractivity contribution in [3.8, 4) is 17.5 Å². The first-order valence-corrected chi connectivity index (χ1v) is 6.58. The number of benzene rings is 2. The van der Waals surface area contributed by atoms with Gasteiger partial charge in [-0.25, -0.2) is 4.98 Å². The molecule has 3 heteroatoms. The van der Waals surface area contributed by atoms with Gasteiger partial charge >= 0.3 is 0 Å². The summed E-state index contributed by atoms with van der Waals surface area (Å²) >= 11 is 0. The van der Waals surface area contributed by atoms with Crippen molar-refractivity contribution in [1.29, 1.82) is 5.26 Å². The van der Waals surface area contributed by atoms with Gasteiger partial charge < -0.3 is 4.57 Å². The SMILES string of the molecule is Cc1cccc(-c2nc3cc(CC#N)ccc3n2C)c1. The summed E-state index contributed by atoms with van der Waals surface area (Å²) in [7, 11) is 2.02. The number of hydrogen-bond acceptors (Lipinski definition) is 2. The zero-order valence-electron chi connectivity index (χ0n) is 11.6. The van der Waals surface area contributed by atoms with Crippen LogP contribution in [0, 0.1) is 18.3 Å². The van der Waals surface area contributed by atoms with Crippen LogP contribution in [0.1, 0.15) is 11.1 Å². The highest BCUT2D eigenvalue weighted by molar-refractivity contribution is 5.81. The molecule has 0 aliphatic heterocycles. The third kappa shape index (κ3) is 2.06. The minimum atomic E-state index is 0.423. The van der Waals surface area contributed by atoms with Gasteiger partial charge in [0.1, 0.15) is 5.82 Å². The minimum Gasteiger partial charge on any atom is -0.327 e. The van der Waals surface area contributed by atoms with Gasteiger partial charge in [0, 0.05) is 12.6 Å². The molecule has 0 saturated heterocycles. The number of imidazole rings is 1. The Hall–Kier alpha value is -2.60. The number of hydrogen-bond donors (Lipinski definition) is 0. The predicted octanol–water partition coefficient (Wildman–Crippen LogP) is 3.61. The molecule has 0 N–H and O–H groups in total. The first-order valence-electron chi connectivity index (χ1n) is 6.58. The molecule has 0 spiro atoms. The summed E-state index contributed by atoms with van der Waals surface area (Å²) < 4.78 is 2.10. The van der Waals surface area contributed by atoms with Gasteiger partial charge in [0.2, 0.25) is 0 Å². The van der Waals surface area contributed by atoms with Crippen LogP contribution in [0.25, 0.3) is 22.4 Å². The standard InChI is InChI=1S/C17H15N3/c1-12-4-3-5-14(10-12)17-19-15-11-13(8-9-18)6-7-16(15)20(17)2/h3-7,10-11H,8H2,1-2H3. The van der Waals surface area contributed by atoms with E-state index in [4.69, 9.17) is 10.2 Å². The number of rotatable bonds is 2. The van der Waals surface area contributed by atoms with Crippen LogP contribution in [0.3, 0.4) is 0 Å². The molecule has 20 heavy (non-hydrogen) atoms. The monoisotopic (exact) mass is 261 g/mol. The lowest BCUT2D eigenvalue weighted by Gasteiger charge is -2.03. The van der Waals surface area contributed by atoms with Crippen LogP contribution >= 0.6 is 0 Å². The van der Waals surface area contributed by atoms with Crippen molar-refractivity contribution < 1.29 is 0 Å². The number of nitrogens with zero attached hydrogens (tertiary/aromatic N) is 3. The molecule has 0 unspecified atom stereocenters. The second-order valence-electron chi connectivity index (χ2n) is 5.02. The van der Waals surface area contributed by atoms with Crippen LogP contribution in [0.5, 0.6) is 0 Å². The average Bonchev–Trinajstić information content (AvgIpc) is 2.76. The maximum Gasteiger partial charge on any atom is 0.140 e. The maximum absolute atomic E-state index is 8.78. The van der Waals surface area contributed by atoms with E-state index in [2.05, 4.69) is 35.8 Å². The van der Waals surface area contributed by atoms with Gasteiger partial charge in [0.05, 0.1) is 23.5 Å². The Morgan fingerprint density at radius 3 is 2.80 bits per heavy atom. The second-order valence-corrected chi connectivity index (χ2v) is 5.02. The summed E-state index contributed by atoms with van der Waals surface area (Å²) in [6.45, 7) is 2.08. The number of fused-ring (bicyclic) bond motifs is 1. The highest BCUT2D eigenvalue weighted by Crippen LogP contribution is 2.25. The van der Waals surface area contributed by atoms with Crippen molar-refractivity contribution >= 4 is 11.0 Å². The molecule has 0 atom stereocenters. The lowest BCUT2D eigenvalue weighted by atomic mass is 10.1. The molecule has 0 bridgehead atoms. The van der Waals surface area contributed by atoms with Crippen LogP contribution in [0.4, 0.5) is 0 Å². The molecule has 98 valence electrons. The van der Waals surface area contributed by atoms with Crippen LogP contribution in [-0.4, -0.2) is 9.55 Å². The molecule has 3 nitrogen and oxygen atoms in total. The lowest BCUT2D eigenvalue weighted by Crippen LogP contribution is -1.92. The highest BCUT2D eigenvalue weighted by atomic mass is 15.1. The smallest absolute Gasteiger partial charge is 0.140 e. The van der Waals surface area contributed by atoms with E-state index in [1.807, 2.05) is 31.3 Å². The highest BCUT2D eigenvalue weighted by Gasteiger charge is 2.10.